The predicted octanol–water partition coefficient (Wildman–Crippen LogP) is 15.8. The lowest BCUT2D eigenvalue weighted by Crippen LogP contribution is -1.98. The number of phenols is 13. The van der Waals surface area contributed by atoms with E-state index in [1.165, 1.54) is 0 Å². The van der Waals surface area contributed by atoms with Crippen molar-refractivity contribution >= 4 is 32.3 Å². The SMILES string of the molecule is Oc1ccc(Cc2cc3c(O)c(Cc4ccc(O)cc4)ccc3c(Cc3ccc(O)cc3)c2O)cc1.Oc1ccc(Cc2cc3c(O)c(Cc4ccc(O)cc4)ccc3cc2O)cc1.Oc1ccc(Cc2ccc(O)c3ccc(O)c(Cc4ccc(O)cc4)c23)cc1. The highest BCUT2D eigenvalue weighted by Crippen LogP contribution is 2.42. The number of hydrogen-bond donors (Lipinski definition) is 13. The monoisotopic (exact) mass is 1220 g/mol. The highest BCUT2D eigenvalue weighted by molar-refractivity contribution is 5.96. The van der Waals surface area contributed by atoms with E-state index in [-0.39, 0.29) is 74.7 Å². The first-order valence-electron chi connectivity index (χ1n) is 29.7. The summed E-state index contributed by atoms with van der Waals surface area (Å²) in [6.07, 6.45) is 3.43. The standard InChI is InChI=1S/C31H26O5.2C24H20O4/c32-24-8-1-19(2-9-24)15-22-7-14-27-28(17-21-5-12-26(34)13-6-21)31(36)23(18-29(27)30(22)35)16-20-3-10-25(33)11-4-20;25-20-7-1-15(2-8-20)11-18-6-5-17-14-23(27)19(13-22(17)24(18)28)12-16-3-9-21(26)10-4-16;25-18-6-1-15(2-7-18)13-17-5-11-22(27)20-10-12-23(28)21(24(17)20)14-16-3-8-19(26)9-4-16/h1-14,18,32-36H,15-17H2;1-10,13-14,25-28H,11-12H2;1-12,25-28H,13-14H2. The van der Waals surface area contributed by atoms with Gasteiger partial charge in [-0.1, -0.05) is 115 Å². The van der Waals surface area contributed by atoms with Crippen LogP contribution in [0.15, 0.2) is 237 Å². The second-order valence-electron chi connectivity index (χ2n) is 22.9. The Morgan fingerprint density at radius 1 is 0.185 bits per heavy atom. The molecular weight excluding hydrogens is 1160 g/mol. The zero-order chi connectivity index (χ0) is 64.6. The predicted molar refractivity (Wildman–Crippen MR) is 358 cm³/mol. The molecule has 13 heteroatoms. The number of fused-ring (bicyclic) bond motifs is 3. The van der Waals surface area contributed by atoms with Crippen LogP contribution < -0.4 is 0 Å². The lowest BCUT2D eigenvalue weighted by molar-refractivity contribution is 0.463. The minimum Gasteiger partial charge on any atom is -0.508 e. The average molecular weight is 1220 g/mol. The molecule has 13 N–H and O–H groups in total. The minimum absolute atomic E-state index is 0.152. The quantitative estimate of drug-likeness (QED) is 0.0484. The third-order valence-corrected chi connectivity index (χ3v) is 16.4. The van der Waals surface area contributed by atoms with Crippen molar-refractivity contribution in [1.82, 2.24) is 0 Å². The zero-order valence-electron chi connectivity index (χ0n) is 49.8. The van der Waals surface area contributed by atoms with Gasteiger partial charge >= 0.3 is 0 Å². The Bertz CT molecular complexity index is 4740. The van der Waals surface area contributed by atoms with Crippen LogP contribution in [0.4, 0.5) is 0 Å². The Labute approximate surface area is 530 Å². The Morgan fingerprint density at radius 2 is 0.500 bits per heavy atom. The van der Waals surface area contributed by atoms with Crippen molar-refractivity contribution in [3.05, 3.63) is 314 Å². The summed E-state index contributed by atoms with van der Waals surface area (Å²) < 4.78 is 0. The van der Waals surface area contributed by atoms with Crippen molar-refractivity contribution in [2.75, 3.05) is 0 Å². The van der Waals surface area contributed by atoms with Gasteiger partial charge < -0.3 is 66.4 Å². The molecule has 0 amide bonds. The molecule has 13 nitrogen and oxygen atoms in total. The minimum atomic E-state index is 0.152. The molecule has 13 aromatic carbocycles. The van der Waals surface area contributed by atoms with E-state index in [0.717, 1.165) is 77.4 Å². The number of phenolic OH excluding ortho intramolecular Hbond substituents is 13. The smallest absolute Gasteiger partial charge is 0.126 e. The first kappa shape index (κ1) is 61.7. The van der Waals surface area contributed by atoms with Gasteiger partial charge in [-0.2, -0.15) is 0 Å². The first-order chi connectivity index (χ1) is 44.4. The molecule has 13 aromatic rings. The van der Waals surface area contributed by atoms with Crippen LogP contribution in [0.3, 0.4) is 0 Å². The summed E-state index contributed by atoms with van der Waals surface area (Å²) in [5.41, 5.74) is 12.0. The Kier molecular flexibility index (Phi) is 18.2. The molecule has 0 heterocycles. The van der Waals surface area contributed by atoms with Crippen LogP contribution in [0.1, 0.15) is 77.9 Å². The van der Waals surface area contributed by atoms with Crippen LogP contribution in [0.25, 0.3) is 32.3 Å². The molecular formula is C79H66O13. The van der Waals surface area contributed by atoms with E-state index < -0.39 is 0 Å². The van der Waals surface area contributed by atoms with E-state index in [1.807, 2.05) is 103 Å². The molecule has 0 unspecified atom stereocenters. The molecule has 0 bridgehead atoms. The fourth-order valence-corrected chi connectivity index (χ4v) is 11.5. The van der Waals surface area contributed by atoms with Crippen molar-refractivity contribution in [3.8, 4) is 74.7 Å². The van der Waals surface area contributed by atoms with E-state index >= 15 is 0 Å². The number of benzene rings is 13. The number of hydrogen-bond acceptors (Lipinski definition) is 13. The lowest BCUT2D eigenvalue weighted by atomic mass is 9.90. The summed E-state index contributed by atoms with van der Waals surface area (Å²) in [5, 5.41) is 136. The van der Waals surface area contributed by atoms with E-state index in [9.17, 15) is 66.4 Å². The maximum Gasteiger partial charge on any atom is 0.126 e. The van der Waals surface area contributed by atoms with Crippen LogP contribution in [-0.4, -0.2) is 66.4 Å². The summed E-state index contributed by atoms with van der Waals surface area (Å²) in [6.45, 7) is 0. The van der Waals surface area contributed by atoms with E-state index in [4.69, 9.17) is 0 Å². The molecule has 0 saturated carbocycles. The lowest BCUT2D eigenvalue weighted by Gasteiger charge is -2.17. The maximum atomic E-state index is 11.3. The molecule has 0 spiro atoms. The fraction of sp³-hybridized carbons (Fsp3) is 0.0886. The Morgan fingerprint density at radius 3 is 0.935 bits per heavy atom. The van der Waals surface area contributed by atoms with Crippen LogP contribution in [0.5, 0.6) is 74.7 Å². The number of aromatic hydroxyl groups is 13. The van der Waals surface area contributed by atoms with Crippen molar-refractivity contribution in [2.24, 2.45) is 0 Å². The molecule has 0 saturated heterocycles. The van der Waals surface area contributed by atoms with Gasteiger partial charge in [0.2, 0.25) is 0 Å². The molecule has 0 aliphatic heterocycles. The van der Waals surface area contributed by atoms with E-state index in [1.54, 1.807) is 133 Å². The zero-order valence-corrected chi connectivity index (χ0v) is 49.8. The normalized spacial score (nSPS) is 11.0. The second-order valence-corrected chi connectivity index (χ2v) is 22.9. The van der Waals surface area contributed by atoms with E-state index in [0.29, 0.717) is 77.8 Å². The fourth-order valence-electron chi connectivity index (χ4n) is 11.5. The molecule has 0 aromatic heterocycles. The molecule has 0 aliphatic rings. The van der Waals surface area contributed by atoms with Gasteiger partial charge in [0.05, 0.1) is 0 Å². The van der Waals surface area contributed by atoms with Crippen LogP contribution >= 0.6 is 0 Å². The van der Waals surface area contributed by atoms with Gasteiger partial charge in [0, 0.05) is 65.8 Å². The van der Waals surface area contributed by atoms with Crippen molar-refractivity contribution < 1.29 is 66.4 Å². The van der Waals surface area contributed by atoms with Crippen molar-refractivity contribution in [1.29, 1.82) is 0 Å². The summed E-state index contributed by atoms with van der Waals surface area (Å²) in [5.74, 6) is 2.35. The van der Waals surface area contributed by atoms with Gasteiger partial charge in [-0.25, -0.2) is 0 Å². The molecule has 0 aliphatic carbocycles. The summed E-state index contributed by atoms with van der Waals surface area (Å²) in [4.78, 5) is 0. The summed E-state index contributed by atoms with van der Waals surface area (Å²) >= 11 is 0. The first-order valence-corrected chi connectivity index (χ1v) is 29.7. The third-order valence-electron chi connectivity index (χ3n) is 16.4. The molecule has 92 heavy (non-hydrogen) atoms. The van der Waals surface area contributed by atoms with Crippen molar-refractivity contribution in [3.63, 3.8) is 0 Å². The van der Waals surface area contributed by atoms with Gasteiger partial charge in [0.25, 0.3) is 0 Å². The van der Waals surface area contributed by atoms with E-state index in [2.05, 4.69) is 0 Å². The van der Waals surface area contributed by atoms with Gasteiger partial charge in [-0.3, -0.25) is 0 Å². The molecule has 0 fully saturated rings. The highest BCUT2D eigenvalue weighted by atomic mass is 16.3. The Balaban J connectivity index is 0.000000143. The van der Waals surface area contributed by atoms with Crippen molar-refractivity contribution in [2.45, 2.75) is 44.9 Å². The molecule has 0 radical (unpaired) electrons. The van der Waals surface area contributed by atoms with Crippen LogP contribution in [-0.2, 0) is 44.9 Å². The highest BCUT2D eigenvalue weighted by Gasteiger charge is 2.20. The van der Waals surface area contributed by atoms with Crippen LogP contribution in [0.2, 0.25) is 0 Å². The molecule has 13 rings (SSSR count). The molecule has 460 valence electrons. The Hall–Kier alpha value is -12.0. The van der Waals surface area contributed by atoms with Gasteiger partial charge in [-0.05, 0) is 211 Å². The topological polar surface area (TPSA) is 263 Å². The van der Waals surface area contributed by atoms with Gasteiger partial charge in [-0.15, -0.1) is 0 Å². The molecule has 0 atom stereocenters. The maximum absolute atomic E-state index is 11.3. The van der Waals surface area contributed by atoms with Crippen LogP contribution in [0, 0.1) is 0 Å². The number of rotatable bonds is 14. The van der Waals surface area contributed by atoms with Gasteiger partial charge in [0.1, 0.15) is 74.7 Å². The summed E-state index contributed by atoms with van der Waals surface area (Å²) in [6, 6.07) is 67.9. The second kappa shape index (κ2) is 27.2. The largest absolute Gasteiger partial charge is 0.508 e. The third kappa shape index (κ3) is 14.6. The van der Waals surface area contributed by atoms with Gasteiger partial charge in [0.15, 0.2) is 0 Å². The summed E-state index contributed by atoms with van der Waals surface area (Å²) in [7, 11) is 0. The average Bonchev–Trinajstić information content (AvgIpc) is 0.788.